The standard InChI is InChI=1S/C14H15NO3S/c1-3-6-11(16)15-12-9-7-4-5-8-10(9)19-13(12)14(17)18-2/h4-5,7-8H,3,6H2,1-2H3,(H,15,16). The third kappa shape index (κ3) is 2.76. The Hall–Kier alpha value is -1.88. The van der Waals surface area contributed by atoms with E-state index in [9.17, 15) is 9.59 Å². The summed E-state index contributed by atoms with van der Waals surface area (Å²) < 4.78 is 5.72. The highest BCUT2D eigenvalue weighted by Crippen LogP contribution is 2.36. The first-order chi connectivity index (χ1) is 9.17. The summed E-state index contributed by atoms with van der Waals surface area (Å²) in [5.74, 6) is -0.510. The van der Waals surface area contributed by atoms with Gasteiger partial charge in [0.1, 0.15) is 4.88 Å². The Morgan fingerprint density at radius 3 is 2.74 bits per heavy atom. The minimum atomic E-state index is -0.423. The molecule has 19 heavy (non-hydrogen) atoms. The zero-order valence-electron chi connectivity index (χ0n) is 10.9. The summed E-state index contributed by atoms with van der Waals surface area (Å²) in [6.45, 7) is 1.94. The predicted molar refractivity (Wildman–Crippen MR) is 76.7 cm³/mol. The van der Waals surface area contributed by atoms with E-state index in [2.05, 4.69) is 5.32 Å². The van der Waals surface area contributed by atoms with Crippen LogP contribution in [0.15, 0.2) is 24.3 Å². The fourth-order valence-corrected chi connectivity index (χ4v) is 2.91. The van der Waals surface area contributed by atoms with Crippen LogP contribution in [0.2, 0.25) is 0 Å². The summed E-state index contributed by atoms with van der Waals surface area (Å²) in [5.41, 5.74) is 0.561. The summed E-state index contributed by atoms with van der Waals surface area (Å²) in [6, 6.07) is 7.59. The van der Waals surface area contributed by atoms with Crippen molar-refractivity contribution < 1.29 is 14.3 Å². The Morgan fingerprint density at radius 2 is 2.05 bits per heavy atom. The van der Waals surface area contributed by atoms with Gasteiger partial charge in [0.2, 0.25) is 5.91 Å². The molecular formula is C14H15NO3S. The van der Waals surface area contributed by atoms with Crippen molar-refractivity contribution in [3.05, 3.63) is 29.1 Å². The molecule has 0 aliphatic carbocycles. The van der Waals surface area contributed by atoms with Gasteiger partial charge in [-0.25, -0.2) is 4.79 Å². The van der Waals surface area contributed by atoms with Crippen LogP contribution in [0.3, 0.4) is 0 Å². The number of amides is 1. The number of carbonyl (C=O) groups excluding carboxylic acids is 2. The number of anilines is 1. The molecule has 5 heteroatoms. The molecule has 2 rings (SSSR count). The van der Waals surface area contributed by atoms with Crippen LogP contribution < -0.4 is 5.32 Å². The van der Waals surface area contributed by atoms with Gasteiger partial charge in [0, 0.05) is 16.5 Å². The van der Waals surface area contributed by atoms with Crippen LogP contribution >= 0.6 is 11.3 Å². The van der Waals surface area contributed by atoms with Gasteiger partial charge in [-0.2, -0.15) is 0 Å². The second-order valence-corrected chi connectivity index (χ2v) is 5.14. The summed E-state index contributed by atoms with van der Waals surface area (Å²) >= 11 is 1.33. The summed E-state index contributed by atoms with van der Waals surface area (Å²) in [7, 11) is 1.34. The molecule has 100 valence electrons. The minimum Gasteiger partial charge on any atom is -0.465 e. The fourth-order valence-electron chi connectivity index (χ4n) is 1.83. The minimum absolute atomic E-state index is 0.0868. The van der Waals surface area contributed by atoms with Crippen LogP contribution in [0.25, 0.3) is 10.1 Å². The molecule has 0 aliphatic rings. The zero-order chi connectivity index (χ0) is 13.8. The fraction of sp³-hybridized carbons (Fsp3) is 0.286. The normalized spacial score (nSPS) is 10.4. The van der Waals surface area contributed by atoms with E-state index < -0.39 is 5.97 Å². The maximum absolute atomic E-state index is 11.8. The summed E-state index contributed by atoms with van der Waals surface area (Å²) in [6.07, 6.45) is 1.20. The van der Waals surface area contributed by atoms with Gasteiger partial charge in [0.05, 0.1) is 12.8 Å². The van der Waals surface area contributed by atoms with E-state index in [0.717, 1.165) is 16.5 Å². The third-order valence-corrected chi connectivity index (χ3v) is 3.86. The van der Waals surface area contributed by atoms with E-state index in [4.69, 9.17) is 4.74 Å². The van der Waals surface area contributed by atoms with E-state index in [1.54, 1.807) is 0 Å². The van der Waals surface area contributed by atoms with E-state index in [1.165, 1.54) is 18.4 Å². The quantitative estimate of drug-likeness (QED) is 0.871. The molecule has 0 bridgehead atoms. The lowest BCUT2D eigenvalue weighted by molar-refractivity contribution is -0.116. The highest BCUT2D eigenvalue weighted by Gasteiger charge is 2.20. The first-order valence-corrected chi connectivity index (χ1v) is 6.88. The van der Waals surface area contributed by atoms with E-state index >= 15 is 0 Å². The highest BCUT2D eigenvalue weighted by atomic mass is 32.1. The lowest BCUT2D eigenvalue weighted by atomic mass is 10.2. The van der Waals surface area contributed by atoms with E-state index in [0.29, 0.717) is 17.0 Å². The Labute approximate surface area is 115 Å². The van der Waals surface area contributed by atoms with Gasteiger partial charge in [-0.3, -0.25) is 4.79 Å². The number of esters is 1. The first-order valence-electron chi connectivity index (χ1n) is 6.07. The largest absolute Gasteiger partial charge is 0.465 e. The van der Waals surface area contributed by atoms with Gasteiger partial charge in [0.25, 0.3) is 0 Å². The van der Waals surface area contributed by atoms with Crippen LogP contribution in [-0.2, 0) is 9.53 Å². The Kier molecular flexibility index (Phi) is 4.16. The molecule has 0 saturated carbocycles. The molecule has 0 aliphatic heterocycles. The number of nitrogens with one attached hydrogen (secondary N) is 1. The molecule has 1 aromatic heterocycles. The van der Waals surface area contributed by atoms with Crippen molar-refractivity contribution >= 4 is 39.0 Å². The molecule has 0 unspecified atom stereocenters. The zero-order valence-corrected chi connectivity index (χ0v) is 11.7. The van der Waals surface area contributed by atoms with Gasteiger partial charge in [-0.1, -0.05) is 25.1 Å². The van der Waals surface area contributed by atoms with E-state index in [1.807, 2.05) is 31.2 Å². The summed E-state index contributed by atoms with van der Waals surface area (Å²) in [5, 5.41) is 3.69. The Bertz CT molecular complexity index is 618. The number of carbonyl (C=O) groups is 2. The SMILES string of the molecule is CCCC(=O)Nc1c(C(=O)OC)sc2ccccc12. The molecule has 0 spiro atoms. The smallest absolute Gasteiger partial charge is 0.350 e. The molecule has 2 aromatic rings. The van der Waals surface area contributed by atoms with Crippen LogP contribution in [0.1, 0.15) is 29.4 Å². The molecule has 0 fully saturated rings. The number of hydrogen-bond donors (Lipinski definition) is 1. The van der Waals surface area contributed by atoms with E-state index in [-0.39, 0.29) is 5.91 Å². The predicted octanol–water partition coefficient (Wildman–Crippen LogP) is 3.43. The number of ether oxygens (including phenoxy) is 1. The number of thiophene rings is 1. The molecule has 1 N–H and O–H groups in total. The van der Waals surface area contributed by atoms with Crippen molar-refractivity contribution in [3.8, 4) is 0 Å². The van der Waals surface area contributed by atoms with Crippen LogP contribution in [0, 0.1) is 0 Å². The molecule has 1 amide bonds. The second-order valence-electron chi connectivity index (χ2n) is 4.09. The second kappa shape index (κ2) is 5.84. The molecule has 0 atom stereocenters. The van der Waals surface area contributed by atoms with Crippen molar-refractivity contribution in [3.63, 3.8) is 0 Å². The molecule has 0 radical (unpaired) electrons. The Morgan fingerprint density at radius 1 is 1.32 bits per heavy atom. The topological polar surface area (TPSA) is 55.4 Å². The number of hydrogen-bond acceptors (Lipinski definition) is 4. The lowest BCUT2D eigenvalue weighted by Gasteiger charge is -2.05. The van der Waals surface area contributed by atoms with Crippen molar-refractivity contribution in [2.24, 2.45) is 0 Å². The van der Waals surface area contributed by atoms with Crippen molar-refractivity contribution in [1.29, 1.82) is 0 Å². The third-order valence-electron chi connectivity index (χ3n) is 2.71. The van der Waals surface area contributed by atoms with Gasteiger partial charge < -0.3 is 10.1 Å². The maximum Gasteiger partial charge on any atom is 0.350 e. The monoisotopic (exact) mass is 277 g/mol. The van der Waals surface area contributed by atoms with Crippen molar-refractivity contribution in [1.82, 2.24) is 0 Å². The van der Waals surface area contributed by atoms with Gasteiger partial charge >= 0.3 is 5.97 Å². The number of benzene rings is 1. The Balaban J connectivity index is 2.48. The van der Waals surface area contributed by atoms with Gasteiger partial charge in [-0.05, 0) is 12.5 Å². The molecular weight excluding hydrogens is 262 g/mol. The maximum atomic E-state index is 11.8. The highest BCUT2D eigenvalue weighted by molar-refractivity contribution is 7.21. The molecule has 0 saturated heterocycles. The molecule has 1 heterocycles. The van der Waals surface area contributed by atoms with Crippen LogP contribution in [-0.4, -0.2) is 19.0 Å². The molecule has 1 aromatic carbocycles. The first kappa shape index (κ1) is 13.5. The van der Waals surface area contributed by atoms with Crippen LogP contribution in [0.5, 0.6) is 0 Å². The van der Waals surface area contributed by atoms with Gasteiger partial charge in [0.15, 0.2) is 0 Å². The average Bonchev–Trinajstić information content (AvgIpc) is 2.77. The number of rotatable bonds is 4. The van der Waals surface area contributed by atoms with Crippen LogP contribution in [0.4, 0.5) is 5.69 Å². The average molecular weight is 277 g/mol. The number of fused-ring (bicyclic) bond motifs is 1. The number of methoxy groups -OCH3 is 1. The van der Waals surface area contributed by atoms with Crippen molar-refractivity contribution in [2.75, 3.05) is 12.4 Å². The summed E-state index contributed by atoms with van der Waals surface area (Å²) in [4.78, 5) is 24.0. The van der Waals surface area contributed by atoms with Crippen molar-refractivity contribution in [2.45, 2.75) is 19.8 Å². The lowest BCUT2D eigenvalue weighted by Crippen LogP contribution is -2.13. The molecule has 4 nitrogen and oxygen atoms in total. The van der Waals surface area contributed by atoms with Gasteiger partial charge in [-0.15, -0.1) is 11.3 Å².